The van der Waals surface area contributed by atoms with Crippen LogP contribution in [0.25, 0.3) is 16.8 Å². The molecule has 4 heterocycles. The Labute approximate surface area is 198 Å². The second kappa shape index (κ2) is 9.50. The molecular weight excluding hydrogens is 432 g/mol. The third kappa shape index (κ3) is 4.57. The maximum atomic E-state index is 13.0. The summed E-state index contributed by atoms with van der Waals surface area (Å²) in [5.41, 5.74) is 9.40. The highest BCUT2D eigenvalue weighted by Crippen LogP contribution is 2.30. The van der Waals surface area contributed by atoms with Gasteiger partial charge in [-0.15, -0.1) is 5.10 Å². The van der Waals surface area contributed by atoms with Gasteiger partial charge in [0.2, 0.25) is 11.8 Å². The molecule has 0 saturated heterocycles. The lowest BCUT2D eigenvalue weighted by molar-refractivity contribution is 0.0932. The number of rotatable bonds is 8. The Morgan fingerprint density at radius 2 is 2.00 bits per heavy atom. The molecule has 0 radical (unpaired) electrons. The molecule has 10 nitrogen and oxygen atoms in total. The van der Waals surface area contributed by atoms with E-state index >= 15 is 0 Å². The van der Waals surface area contributed by atoms with Gasteiger partial charge in [-0.1, -0.05) is 20.8 Å². The second-order valence-electron chi connectivity index (χ2n) is 8.68. The van der Waals surface area contributed by atoms with Gasteiger partial charge in [-0.2, -0.15) is 10.1 Å². The first kappa shape index (κ1) is 23.2. The van der Waals surface area contributed by atoms with Crippen LogP contribution in [-0.2, 0) is 0 Å². The van der Waals surface area contributed by atoms with Crippen LogP contribution in [0.5, 0.6) is 5.88 Å². The molecule has 4 rings (SSSR count). The predicted molar refractivity (Wildman–Crippen MR) is 130 cm³/mol. The van der Waals surface area contributed by atoms with Crippen LogP contribution >= 0.6 is 0 Å². The van der Waals surface area contributed by atoms with Crippen molar-refractivity contribution < 1.29 is 9.53 Å². The third-order valence-corrected chi connectivity index (χ3v) is 5.84. The zero-order valence-electron chi connectivity index (χ0n) is 20.1. The van der Waals surface area contributed by atoms with Crippen LogP contribution in [-0.4, -0.2) is 48.4 Å². The number of carbonyl (C=O) groups excluding carboxylic acids is 1. The number of pyridine rings is 2. The largest absolute Gasteiger partial charge is 0.481 e. The van der Waals surface area contributed by atoms with Gasteiger partial charge in [-0.3, -0.25) is 9.48 Å². The number of amides is 1. The summed E-state index contributed by atoms with van der Waals surface area (Å²) in [5.74, 6) is 0.692. The molecular formula is C24H30N8O2. The summed E-state index contributed by atoms with van der Waals surface area (Å²) in [7, 11) is 1.60. The average molecular weight is 463 g/mol. The molecule has 10 heteroatoms. The van der Waals surface area contributed by atoms with Gasteiger partial charge in [0.05, 0.1) is 19.3 Å². The van der Waals surface area contributed by atoms with Crippen molar-refractivity contribution in [2.75, 3.05) is 12.8 Å². The van der Waals surface area contributed by atoms with Crippen LogP contribution in [0.15, 0.2) is 42.9 Å². The molecule has 3 N–H and O–H groups in total. The number of nitrogens with one attached hydrogen (secondary N) is 1. The Bertz CT molecular complexity index is 1310. The van der Waals surface area contributed by atoms with E-state index in [9.17, 15) is 4.79 Å². The van der Waals surface area contributed by atoms with E-state index in [2.05, 4.69) is 39.3 Å². The van der Waals surface area contributed by atoms with Gasteiger partial charge in [0, 0.05) is 30.1 Å². The van der Waals surface area contributed by atoms with E-state index in [1.807, 2.05) is 42.9 Å². The number of hydrogen-bond acceptors (Lipinski definition) is 7. The minimum Gasteiger partial charge on any atom is -0.481 e. The van der Waals surface area contributed by atoms with Gasteiger partial charge < -0.3 is 15.8 Å². The molecule has 0 bridgehead atoms. The Morgan fingerprint density at radius 1 is 1.21 bits per heavy atom. The van der Waals surface area contributed by atoms with Gasteiger partial charge in [-0.25, -0.2) is 9.50 Å². The topological polar surface area (TPSA) is 125 Å². The maximum Gasteiger partial charge on any atom is 0.270 e. The summed E-state index contributed by atoms with van der Waals surface area (Å²) < 4.78 is 8.71. The summed E-state index contributed by atoms with van der Waals surface area (Å²) in [6.07, 6.45) is 6.31. The Hall–Kier alpha value is -3.95. The Balaban J connectivity index is 1.75. The molecule has 0 aliphatic carbocycles. The summed E-state index contributed by atoms with van der Waals surface area (Å²) in [6, 6.07) is 7.54. The van der Waals surface area contributed by atoms with Crippen LogP contribution in [0.2, 0.25) is 0 Å². The van der Waals surface area contributed by atoms with Crippen molar-refractivity contribution in [3.63, 3.8) is 0 Å². The molecule has 0 unspecified atom stereocenters. The first-order chi connectivity index (χ1) is 16.3. The number of aromatic nitrogens is 6. The minimum atomic E-state index is -0.234. The molecule has 4 aromatic rings. The van der Waals surface area contributed by atoms with E-state index in [4.69, 9.17) is 10.5 Å². The van der Waals surface area contributed by atoms with Gasteiger partial charge in [-0.05, 0) is 48.6 Å². The summed E-state index contributed by atoms with van der Waals surface area (Å²) >= 11 is 0. The summed E-state index contributed by atoms with van der Waals surface area (Å²) in [4.78, 5) is 21.5. The lowest BCUT2D eigenvalue weighted by Crippen LogP contribution is -2.33. The summed E-state index contributed by atoms with van der Waals surface area (Å²) in [5, 5.41) is 11.8. The van der Waals surface area contributed by atoms with Crippen molar-refractivity contribution in [2.24, 2.45) is 5.92 Å². The third-order valence-electron chi connectivity index (χ3n) is 5.84. The number of nitrogen functional groups attached to an aromatic ring is 1. The van der Waals surface area contributed by atoms with Gasteiger partial charge in [0.1, 0.15) is 5.69 Å². The van der Waals surface area contributed by atoms with Crippen molar-refractivity contribution in [1.82, 2.24) is 34.7 Å². The standard InChI is InChI=1S/C24H30N8O2/c1-6-15(4)28-23(33)19-9-17(10-20-29-24(25)30-32(19)20)18-12-27-31(13-18)22(14(2)3)16-7-8-26-21(11-16)34-5/h7-15,22H,6H2,1-5H3,(H2,25,30)(H,28,33)/t15-,22-/m0/s1. The number of anilines is 1. The second-order valence-corrected chi connectivity index (χ2v) is 8.68. The van der Waals surface area contributed by atoms with Crippen molar-refractivity contribution in [3.8, 4) is 17.0 Å². The Kier molecular flexibility index (Phi) is 6.49. The minimum absolute atomic E-state index is 0.0220. The van der Waals surface area contributed by atoms with Crippen molar-refractivity contribution in [1.29, 1.82) is 0 Å². The average Bonchev–Trinajstić information content (AvgIpc) is 3.44. The van der Waals surface area contributed by atoms with E-state index in [0.29, 0.717) is 17.2 Å². The van der Waals surface area contributed by atoms with Crippen molar-refractivity contribution in [3.05, 3.63) is 54.1 Å². The number of hydrogen-bond donors (Lipinski definition) is 2. The lowest BCUT2D eigenvalue weighted by Gasteiger charge is -2.22. The van der Waals surface area contributed by atoms with Crippen LogP contribution in [0.4, 0.5) is 5.95 Å². The van der Waals surface area contributed by atoms with Crippen molar-refractivity contribution >= 4 is 17.5 Å². The number of carbonyl (C=O) groups is 1. The van der Waals surface area contributed by atoms with Crippen LogP contribution in [0.3, 0.4) is 0 Å². The van der Waals surface area contributed by atoms with Gasteiger partial charge >= 0.3 is 0 Å². The van der Waals surface area contributed by atoms with E-state index in [1.165, 1.54) is 4.52 Å². The fourth-order valence-electron chi connectivity index (χ4n) is 3.93. The fraction of sp³-hybridized carbons (Fsp3) is 0.375. The predicted octanol–water partition coefficient (Wildman–Crippen LogP) is 3.35. The monoisotopic (exact) mass is 462 g/mol. The van der Waals surface area contributed by atoms with E-state index < -0.39 is 0 Å². The maximum absolute atomic E-state index is 13.0. The lowest BCUT2D eigenvalue weighted by atomic mass is 9.97. The SMILES string of the molecule is CC[C@H](C)NC(=O)c1cc(-c2cnn([C@H](c3ccnc(OC)c3)C(C)C)c2)cc2nc(N)nn12. The van der Waals surface area contributed by atoms with Crippen LogP contribution in [0.1, 0.15) is 56.2 Å². The van der Waals surface area contributed by atoms with E-state index in [-0.39, 0.29) is 29.9 Å². The molecule has 0 aliphatic heterocycles. The first-order valence-corrected chi connectivity index (χ1v) is 11.3. The smallest absolute Gasteiger partial charge is 0.270 e. The number of nitrogens with zero attached hydrogens (tertiary/aromatic N) is 6. The molecule has 2 atom stereocenters. The zero-order chi connectivity index (χ0) is 24.4. The number of ether oxygens (including phenoxy) is 1. The molecule has 4 aromatic heterocycles. The van der Waals surface area contributed by atoms with Gasteiger partial charge in [0.15, 0.2) is 5.65 Å². The quantitative estimate of drug-likeness (QED) is 0.411. The fourth-order valence-corrected chi connectivity index (χ4v) is 3.93. The summed E-state index contributed by atoms with van der Waals surface area (Å²) in [6.45, 7) is 8.25. The first-order valence-electron chi connectivity index (χ1n) is 11.3. The van der Waals surface area contributed by atoms with Gasteiger partial charge in [0.25, 0.3) is 5.91 Å². The highest BCUT2D eigenvalue weighted by atomic mass is 16.5. The van der Waals surface area contributed by atoms with Crippen LogP contribution < -0.4 is 15.8 Å². The molecule has 0 spiro atoms. The molecule has 0 fully saturated rings. The van der Waals surface area contributed by atoms with Crippen LogP contribution in [0, 0.1) is 5.92 Å². The normalized spacial score (nSPS) is 13.2. The number of methoxy groups -OCH3 is 1. The molecule has 0 aromatic carbocycles. The molecule has 1 amide bonds. The van der Waals surface area contributed by atoms with E-state index in [0.717, 1.165) is 23.1 Å². The number of nitrogens with two attached hydrogens (primary N) is 1. The highest BCUT2D eigenvalue weighted by Gasteiger charge is 2.22. The molecule has 0 aliphatic rings. The highest BCUT2D eigenvalue weighted by molar-refractivity contribution is 5.95. The Morgan fingerprint density at radius 3 is 2.71 bits per heavy atom. The van der Waals surface area contributed by atoms with E-state index in [1.54, 1.807) is 25.6 Å². The number of fused-ring (bicyclic) bond motifs is 1. The molecule has 0 saturated carbocycles. The zero-order valence-corrected chi connectivity index (χ0v) is 20.1. The molecule has 34 heavy (non-hydrogen) atoms. The van der Waals surface area contributed by atoms with Crippen molar-refractivity contribution in [2.45, 2.75) is 46.2 Å². The molecule has 178 valence electrons.